The fourth-order valence-corrected chi connectivity index (χ4v) is 2.43. The molecule has 0 atom stereocenters. The first-order valence-corrected chi connectivity index (χ1v) is 6.69. The van der Waals surface area contributed by atoms with Gasteiger partial charge in [0.05, 0.1) is 0 Å². The zero-order chi connectivity index (χ0) is 13.1. The number of nitrogens with zero attached hydrogens (tertiary/aromatic N) is 3. The fourth-order valence-electron chi connectivity index (χ4n) is 2.19. The highest BCUT2D eigenvalue weighted by Gasteiger charge is 2.25. The summed E-state index contributed by atoms with van der Waals surface area (Å²) in [6, 6.07) is 4.07. The molecule has 1 aliphatic rings. The molecule has 2 heterocycles. The maximum absolute atomic E-state index is 10.9. The minimum atomic E-state index is -0.852. The van der Waals surface area contributed by atoms with Crippen LogP contribution in [0.1, 0.15) is 12.8 Å². The number of halogens is 1. The number of rotatable bonds is 2. The maximum Gasteiger partial charge on any atom is 0.407 e. The summed E-state index contributed by atoms with van der Waals surface area (Å²) in [5.74, 6) is 0.953. The first-order valence-electron chi connectivity index (χ1n) is 5.90. The minimum Gasteiger partial charge on any atom is -0.465 e. The lowest BCUT2D eigenvalue weighted by molar-refractivity contribution is 0.131. The highest BCUT2D eigenvalue weighted by Crippen LogP contribution is 2.21. The van der Waals surface area contributed by atoms with Gasteiger partial charge in [0, 0.05) is 36.8 Å². The lowest BCUT2D eigenvalue weighted by Gasteiger charge is -2.36. The van der Waals surface area contributed by atoms with Crippen molar-refractivity contribution in [2.45, 2.75) is 18.9 Å². The molecule has 0 spiro atoms. The van der Waals surface area contributed by atoms with Crippen LogP contribution in [0.15, 0.2) is 22.8 Å². The van der Waals surface area contributed by atoms with Crippen molar-refractivity contribution >= 4 is 27.8 Å². The van der Waals surface area contributed by atoms with Crippen LogP contribution in [-0.2, 0) is 0 Å². The average Bonchev–Trinajstić information content (AvgIpc) is 2.39. The summed E-state index contributed by atoms with van der Waals surface area (Å²) < 4.78 is 0.965. The molecule has 18 heavy (non-hydrogen) atoms. The van der Waals surface area contributed by atoms with Gasteiger partial charge in [0.2, 0.25) is 0 Å². The number of pyridine rings is 1. The van der Waals surface area contributed by atoms with Crippen LogP contribution >= 0.6 is 15.9 Å². The summed E-state index contributed by atoms with van der Waals surface area (Å²) in [6.07, 6.45) is 2.63. The quantitative estimate of drug-likeness (QED) is 0.911. The van der Waals surface area contributed by atoms with Gasteiger partial charge < -0.3 is 14.9 Å². The third-order valence-corrected chi connectivity index (χ3v) is 3.82. The molecule has 1 aliphatic heterocycles. The predicted molar refractivity (Wildman–Crippen MR) is 73.0 cm³/mol. The Bertz CT molecular complexity index is 416. The number of hydrogen-bond donors (Lipinski definition) is 1. The van der Waals surface area contributed by atoms with Gasteiger partial charge in [-0.05, 0) is 40.9 Å². The van der Waals surface area contributed by atoms with Crippen LogP contribution < -0.4 is 4.90 Å². The second-order valence-electron chi connectivity index (χ2n) is 4.45. The van der Waals surface area contributed by atoms with E-state index in [0.29, 0.717) is 0 Å². The predicted octanol–water partition coefficient (Wildman–Crippen LogP) is 2.42. The first-order chi connectivity index (χ1) is 8.58. The smallest absolute Gasteiger partial charge is 0.407 e. The van der Waals surface area contributed by atoms with E-state index < -0.39 is 6.09 Å². The van der Waals surface area contributed by atoms with Gasteiger partial charge in [-0.3, -0.25) is 0 Å². The molecule has 0 aliphatic carbocycles. The molecule has 5 nitrogen and oxygen atoms in total. The lowest BCUT2D eigenvalue weighted by atomic mass is 10.0. The summed E-state index contributed by atoms with van der Waals surface area (Å²) in [5, 5.41) is 8.94. The van der Waals surface area contributed by atoms with Crippen molar-refractivity contribution < 1.29 is 9.90 Å². The molecule has 2 rings (SSSR count). The molecule has 1 amide bonds. The highest BCUT2D eigenvalue weighted by atomic mass is 79.9. The highest BCUT2D eigenvalue weighted by molar-refractivity contribution is 9.10. The second kappa shape index (κ2) is 5.56. The molecule has 1 aromatic rings. The molecule has 0 radical (unpaired) electrons. The SMILES string of the molecule is CN(C(=O)O)C1CCN(c2ccc(Br)cn2)CC1. The summed E-state index contributed by atoms with van der Waals surface area (Å²) in [4.78, 5) is 18.8. The Balaban J connectivity index is 1.94. The van der Waals surface area contributed by atoms with E-state index in [1.165, 1.54) is 4.90 Å². The number of anilines is 1. The Hall–Kier alpha value is -1.30. The van der Waals surface area contributed by atoms with Gasteiger partial charge in [-0.2, -0.15) is 0 Å². The Morgan fingerprint density at radius 1 is 1.50 bits per heavy atom. The molecule has 1 saturated heterocycles. The van der Waals surface area contributed by atoms with Gasteiger partial charge in [-0.1, -0.05) is 0 Å². The van der Waals surface area contributed by atoms with Crippen LogP contribution in [0.3, 0.4) is 0 Å². The third kappa shape index (κ3) is 2.93. The summed E-state index contributed by atoms with van der Waals surface area (Å²) >= 11 is 3.36. The van der Waals surface area contributed by atoms with Crippen LogP contribution in [0, 0.1) is 0 Å². The molecule has 1 fully saturated rings. The number of carboxylic acid groups (broad SMARTS) is 1. The van der Waals surface area contributed by atoms with E-state index in [9.17, 15) is 4.79 Å². The van der Waals surface area contributed by atoms with Gasteiger partial charge in [0.1, 0.15) is 5.82 Å². The van der Waals surface area contributed by atoms with Gasteiger partial charge >= 0.3 is 6.09 Å². The molecule has 98 valence electrons. The molecular formula is C12H16BrN3O2. The van der Waals surface area contributed by atoms with Crippen molar-refractivity contribution in [3.05, 3.63) is 22.8 Å². The Morgan fingerprint density at radius 3 is 2.67 bits per heavy atom. The van der Waals surface area contributed by atoms with Crippen molar-refractivity contribution in [3.8, 4) is 0 Å². The molecule has 0 aromatic carbocycles. The molecule has 0 bridgehead atoms. The van der Waals surface area contributed by atoms with Crippen molar-refractivity contribution in [2.75, 3.05) is 25.0 Å². The molecule has 1 aromatic heterocycles. The van der Waals surface area contributed by atoms with E-state index in [-0.39, 0.29) is 6.04 Å². The van der Waals surface area contributed by atoms with Gasteiger partial charge in [0.25, 0.3) is 0 Å². The van der Waals surface area contributed by atoms with E-state index >= 15 is 0 Å². The molecule has 6 heteroatoms. The lowest BCUT2D eigenvalue weighted by Crippen LogP contribution is -2.45. The van der Waals surface area contributed by atoms with Crippen LogP contribution in [0.4, 0.5) is 10.6 Å². The number of aromatic nitrogens is 1. The minimum absolute atomic E-state index is 0.120. The van der Waals surface area contributed by atoms with Gasteiger partial charge in [-0.15, -0.1) is 0 Å². The fraction of sp³-hybridized carbons (Fsp3) is 0.500. The van der Waals surface area contributed by atoms with Gasteiger partial charge in [-0.25, -0.2) is 9.78 Å². The molecule has 1 N–H and O–H groups in total. The normalized spacial score (nSPS) is 16.7. The zero-order valence-electron chi connectivity index (χ0n) is 10.2. The first kappa shape index (κ1) is 13.1. The summed E-state index contributed by atoms with van der Waals surface area (Å²) in [6.45, 7) is 1.69. The van der Waals surface area contributed by atoms with Crippen molar-refractivity contribution in [2.24, 2.45) is 0 Å². The second-order valence-corrected chi connectivity index (χ2v) is 5.36. The van der Waals surface area contributed by atoms with Crippen LogP contribution in [0.5, 0.6) is 0 Å². The Morgan fingerprint density at radius 2 is 2.17 bits per heavy atom. The van der Waals surface area contributed by atoms with Crippen LogP contribution in [0.2, 0.25) is 0 Å². The summed E-state index contributed by atoms with van der Waals surface area (Å²) in [5.41, 5.74) is 0. The Labute approximate surface area is 115 Å². The average molecular weight is 314 g/mol. The molecule has 0 saturated carbocycles. The third-order valence-electron chi connectivity index (χ3n) is 3.35. The van der Waals surface area contributed by atoms with Gasteiger partial charge in [0.15, 0.2) is 0 Å². The zero-order valence-corrected chi connectivity index (χ0v) is 11.8. The maximum atomic E-state index is 10.9. The standard InChI is InChI=1S/C12H16BrN3O2/c1-15(12(17)18)10-4-6-16(7-5-10)11-3-2-9(13)8-14-11/h2-3,8,10H,4-7H2,1H3,(H,17,18). The van der Waals surface area contributed by atoms with Crippen LogP contribution in [-0.4, -0.2) is 47.3 Å². The van der Waals surface area contributed by atoms with E-state index in [1.807, 2.05) is 12.1 Å². The van der Waals surface area contributed by atoms with Crippen LogP contribution in [0.25, 0.3) is 0 Å². The number of amides is 1. The van der Waals surface area contributed by atoms with Crippen molar-refractivity contribution in [1.29, 1.82) is 0 Å². The molecular weight excluding hydrogens is 298 g/mol. The van der Waals surface area contributed by atoms with E-state index in [0.717, 1.165) is 36.2 Å². The van der Waals surface area contributed by atoms with E-state index in [2.05, 4.69) is 25.8 Å². The Kier molecular flexibility index (Phi) is 4.06. The van der Waals surface area contributed by atoms with Crippen molar-refractivity contribution in [1.82, 2.24) is 9.88 Å². The molecule has 0 unspecified atom stereocenters. The van der Waals surface area contributed by atoms with E-state index in [1.54, 1.807) is 13.2 Å². The monoisotopic (exact) mass is 313 g/mol. The van der Waals surface area contributed by atoms with Crippen molar-refractivity contribution in [3.63, 3.8) is 0 Å². The van der Waals surface area contributed by atoms with E-state index in [4.69, 9.17) is 5.11 Å². The summed E-state index contributed by atoms with van der Waals surface area (Å²) in [7, 11) is 1.64. The number of piperidine rings is 1. The number of carbonyl (C=O) groups is 1. The largest absolute Gasteiger partial charge is 0.465 e. The number of hydrogen-bond acceptors (Lipinski definition) is 3. The topological polar surface area (TPSA) is 56.7 Å².